The fourth-order valence-electron chi connectivity index (χ4n) is 3.43. The molecule has 1 unspecified atom stereocenters. The number of nitrogens with zero attached hydrogens (tertiary/aromatic N) is 2. The summed E-state index contributed by atoms with van der Waals surface area (Å²) in [5, 5.41) is 2.75. The number of anilines is 1. The molecule has 1 aliphatic rings. The highest BCUT2D eigenvalue weighted by Crippen LogP contribution is 2.29. The Morgan fingerprint density at radius 3 is 2.20 bits per heavy atom. The Kier molecular flexibility index (Phi) is 6.76. The Hall–Kier alpha value is -3.29. The number of methoxy groups -OCH3 is 2. The third kappa shape index (κ3) is 4.82. The van der Waals surface area contributed by atoms with Gasteiger partial charge in [-0.1, -0.05) is 6.07 Å². The highest BCUT2D eigenvalue weighted by atomic mass is 19.1. The molecule has 3 rings (SSSR count). The number of rotatable bonds is 5. The zero-order valence-electron chi connectivity index (χ0n) is 17.4. The van der Waals surface area contributed by atoms with Crippen molar-refractivity contribution in [1.29, 1.82) is 0 Å². The molecule has 0 spiro atoms. The molecule has 2 aromatic carbocycles. The van der Waals surface area contributed by atoms with Gasteiger partial charge in [0.25, 0.3) is 0 Å². The molecule has 160 valence electrons. The Morgan fingerprint density at radius 2 is 1.60 bits per heavy atom. The zero-order valence-corrected chi connectivity index (χ0v) is 17.4. The molecule has 0 radical (unpaired) electrons. The predicted molar refractivity (Wildman–Crippen MR) is 111 cm³/mol. The summed E-state index contributed by atoms with van der Waals surface area (Å²) in [4.78, 5) is 28.7. The predicted octanol–water partition coefficient (Wildman–Crippen LogP) is 2.37. The highest BCUT2D eigenvalue weighted by molar-refractivity contribution is 6.35. The van der Waals surface area contributed by atoms with Crippen LogP contribution in [0.3, 0.4) is 0 Å². The van der Waals surface area contributed by atoms with E-state index in [-0.39, 0.29) is 11.9 Å². The van der Waals surface area contributed by atoms with Crippen molar-refractivity contribution in [2.24, 2.45) is 0 Å². The van der Waals surface area contributed by atoms with Crippen molar-refractivity contribution < 1.29 is 23.5 Å². The van der Waals surface area contributed by atoms with Crippen LogP contribution in [0, 0.1) is 5.82 Å². The summed E-state index contributed by atoms with van der Waals surface area (Å²) in [5.41, 5.74) is 1.70. The van der Waals surface area contributed by atoms with Gasteiger partial charge in [-0.25, -0.2) is 4.39 Å². The summed E-state index contributed by atoms with van der Waals surface area (Å²) in [6, 6.07) is 11.2. The van der Waals surface area contributed by atoms with E-state index >= 15 is 0 Å². The molecule has 1 N–H and O–H groups in total. The summed E-state index contributed by atoms with van der Waals surface area (Å²) in [6.07, 6.45) is 0. The smallest absolute Gasteiger partial charge is 0.312 e. The van der Waals surface area contributed by atoms with Gasteiger partial charge in [0.2, 0.25) is 0 Å². The van der Waals surface area contributed by atoms with Gasteiger partial charge in [0.15, 0.2) is 11.5 Å². The van der Waals surface area contributed by atoms with Crippen molar-refractivity contribution in [3.05, 3.63) is 53.8 Å². The number of benzene rings is 2. The van der Waals surface area contributed by atoms with E-state index < -0.39 is 11.8 Å². The molecule has 1 heterocycles. The first kappa shape index (κ1) is 21.4. The number of hydrogen-bond acceptors (Lipinski definition) is 5. The number of carbonyl (C=O) groups is 2. The van der Waals surface area contributed by atoms with E-state index in [1.54, 1.807) is 45.4 Å². The summed E-state index contributed by atoms with van der Waals surface area (Å²) in [6.45, 7) is 3.81. The third-order valence-corrected chi connectivity index (χ3v) is 5.21. The maximum Gasteiger partial charge on any atom is 0.312 e. The van der Waals surface area contributed by atoms with E-state index in [2.05, 4.69) is 10.2 Å². The Balaban J connectivity index is 1.56. The highest BCUT2D eigenvalue weighted by Gasteiger charge is 2.27. The van der Waals surface area contributed by atoms with Crippen LogP contribution in [0.2, 0.25) is 0 Å². The van der Waals surface area contributed by atoms with Crippen molar-refractivity contribution in [2.75, 3.05) is 45.3 Å². The molecule has 1 fully saturated rings. The summed E-state index contributed by atoms with van der Waals surface area (Å²) in [5.74, 6) is -0.337. The summed E-state index contributed by atoms with van der Waals surface area (Å²) in [7, 11) is 3.09. The third-order valence-electron chi connectivity index (χ3n) is 5.21. The average molecular weight is 415 g/mol. The van der Waals surface area contributed by atoms with E-state index in [1.807, 2.05) is 6.07 Å². The van der Waals surface area contributed by atoms with Gasteiger partial charge >= 0.3 is 11.8 Å². The number of halogens is 1. The maximum absolute atomic E-state index is 13.1. The van der Waals surface area contributed by atoms with Crippen LogP contribution in [0.1, 0.15) is 18.5 Å². The molecule has 0 aliphatic carbocycles. The SMILES string of the molecule is COc1ccc(C(C)NC(=O)C(=O)N2CCN(c3ccc(F)cc3)CC2)cc1OC. The van der Waals surface area contributed by atoms with Crippen molar-refractivity contribution >= 4 is 17.5 Å². The molecule has 0 bridgehead atoms. The minimum atomic E-state index is -0.646. The number of carbonyl (C=O) groups excluding carboxylic acids is 2. The minimum Gasteiger partial charge on any atom is -0.493 e. The monoisotopic (exact) mass is 415 g/mol. The summed E-state index contributed by atoms with van der Waals surface area (Å²) >= 11 is 0. The van der Waals surface area contributed by atoms with Crippen molar-refractivity contribution in [2.45, 2.75) is 13.0 Å². The fourth-order valence-corrected chi connectivity index (χ4v) is 3.43. The Labute approximate surface area is 175 Å². The van der Waals surface area contributed by atoms with Crippen LogP contribution in [-0.2, 0) is 9.59 Å². The zero-order chi connectivity index (χ0) is 21.7. The van der Waals surface area contributed by atoms with Crippen molar-refractivity contribution in [3.8, 4) is 11.5 Å². The molecule has 8 heteroatoms. The largest absolute Gasteiger partial charge is 0.493 e. The van der Waals surface area contributed by atoms with E-state index in [1.165, 1.54) is 17.0 Å². The maximum atomic E-state index is 13.1. The fraction of sp³-hybridized carbons (Fsp3) is 0.364. The van der Waals surface area contributed by atoms with Crippen LogP contribution in [0.15, 0.2) is 42.5 Å². The number of piperazine rings is 1. The molecule has 0 saturated carbocycles. The lowest BCUT2D eigenvalue weighted by atomic mass is 10.1. The number of hydrogen-bond donors (Lipinski definition) is 1. The van der Waals surface area contributed by atoms with Gasteiger partial charge in [0, 0.05) is 31.9 Å². The molecule has 1 saturated heterocycles. The van der Waals surface area contributed by atoms with Gasteiger partial charge in [-0.15, -0.1) is 0 Å². The second kappa shape index (κ2) is 9.47. The summed E-state index contributed by atoms with van der Waals surface area (Å²) < 4.78 is 23.6. The quantitative estimate of drug-likeness (QED) is 0.760. The average Bonchev–Trinajstić information content (AvgIpc) is 2.78. The first-order valence-corrected chi connectivity index (χ1v) is 9.75. The topological polar surface area (TPSA) is 71.1 Å². The van der Waals surface area contributed by atoms with Crippen molar-refractivity contribution in [3.63, 3.8) is 0 Å². The number of ether oxygens (including phenoxy) is 2. The minimum absolute atomic E-state index is 0.284. The molecule has 2 aromatic rings. The molecule has 1 aliphatic heterocycles. The lowest BCUT2D eigenvalue weighted by Crippen LogP contribution is -2.52. The molecule has 0 aromatic heterocycles. The first-order valence-electron chi connectivity index (χ1n) is 9.75. The van der Waals surface area contributed by atoms with Gasteiger partial charge < -0.3 is 24.6 Å². The number of amides is 2. The standard InChI is InChI=1S/C22H26FN3O4/c1-15(16-4-9-19(29-2)20(14-16)30-3)24-21(27)22(28)26-12-10-25(11-13-26)18-7-5-17(23)6-8-18/h4-9,14-15H,10-13H2,1-3H3,(H,24,27). The Bertz CT molecular complexity index is 896. The van der Waals surface area contributed by atoms with Gasteiger partial charge in [0.1, 0.15) is 5.82 Å². The van der Waals surface area contributed by atoms with Crippen LogP contribution < -0.4 is 19.7 Å². The molecular weight excluding hydrogens is 389 g/mol. The van der Waals surface area contributed by atoms with Crippen LogP contribution in [0.25, 0.3) is 0 Å². The van der Waals surface area contributed by atoms with Gasteiger partial charge in [-0.3, -0.25) is 9.59 Å². The van der Waals surface area contributed by atoms with Gasteiger partial charge in [0.05, 0.1) is 20.3 Å². The lowest BCUT2D eigenvalue weighted by Gasteiger charge is -2.35. The lowest BCUT2D eigenvalue weighted by molar-refractivity contribution is -0.146. The van der Waals surface area contributed by atoms with E-state index in [4.69, 9.17) is 9.47 Å². The normalized spacial score (nSPS) is 14.8. The van der Waals surface area contributed by atoms with E-state index in [0.29, 0.717) is 37.7 Å². The Morgan fingerprint density at radius 1 is 0.967 bits per heavy atom. The van der Waals surface area contributed by atoms with E-state index in [0.717, 1.165) is 11.3 Å². The second-order valence-corrected chi connectivity index (χ2v) is 7.07. The van der Waals surface area contributed by atoms with Crippen LogP contribution in [-0.4, -0.2) is 57.1 Å². The van der Waals surface area contributed by atoms with Crippen LogP contribution >= 0.6 is 0 Å². The molecule has 30 heavy (non-hydrogen) atoms. The van der Waals surface area contributed by atoms with Crippen molar-refractivity contribution in [1.82, 2.24) is 10.2 Å². The number of nitrogens with one attached hydrogen (secondary N) is 1. The molecule has 2 amide bonds. The molecular formula is C22H26FN3O4. The van der Waals surface area contributed by atoms with E-state index in [9.17, 15) is 14.0 Å². The molecule has 1 atom stereocenters. The second-order valence-electron chi connectivity index (χ2n) is 7.07. The molecule has 7 nitrogen and oxygen atoms in total. The van der Waals surface area contributed by atoms with Crippen LogP contribution in [0.4, 0.5) is 10.1 Å². The van der Waals surface area contributed by atoms with Crippen LogP contribution in [0.5, 0.6) is 11.5 Å². The first-order chi connectivity index (χ1) is 14.4. The van der Waals surface area contributed by atoms with Gasteiger partial charge in [-0.2, -0.15) is 0 Å². The van der Waals surface area contributed by atoms with Gasteiger partial charge in [-0.05, 0) is 48.9 Å².